The molecule has 0 N–H and O–H groups in total. The van der Waals surface area contributed by atoms with Crippen LogP contribution in [0.25, 0.3) is 0 Å². The van der Waals surface area contributed by atoms with Crippen molar-refractivity contribution >= 4 is 28.4 Å². The van der Waals surface area contributed by atoms with Crippen molar-refractivity contribution in [3.8, 4) is 5.75 Å². The van der Waals surface area contributed by atoms with E-state index in [1.54, 1.807) is 20.1 Å². The zero-order chi connectivity index (χ0) is 21.5. The number of aryl methyl sites for hydroxylation is 1. The first-order valence-electron chi connectivity index (χ1n) is 10.1. The summed E-state index contributed by atoms with van der Waals surface area (Å²) < 4.78 is 16.0. The number of anilines is 1. The van der Waals surface area contributed by atoms with E-state index >= 15 is 0 Å². The molecule has 0 radical (unpaired) electrons. The number of carbonyl (C=O) groups is 2. The molecule has 0 unspecified atom stereocenters. The van der Waals surface area contributed by atoms with Crippen LogP contribution in [-0.4, -0.2) is 32.3 Å². The van der Waals surface area contributed by atoms with Crippen molar-refractivity contribution in [1.29, 1.82) is 0 Å². The Morgan fingerprint density at radius 2 is 1.90 bits per heavy atom. The summed E-state index contributed by atoms with van der Waals surface area (Å²) in [6.45, 7) is 6.19. The van der Waals surface area contributed by atoms with Crippen molar-refractivity contribution in [2.45, 2.75) is 39.2 Å². The second-order valence-corrected chi connectivity index (χ2v) is 8.00. The van der Waals surface area contributed by atoms with Crippen LogP contribution < -0.4 is 9.64 Å². The standard InChI is InChI=1S/C23H27NO5S/c1-4-14-24(23(26)29-15-16-10-12-17(27-3)13-11-16)21-20(22(25)28-5-2)18-8-6-7-9-19(18)30-21/h4,10-13H,1,5-9,14-15H2,2-3H3. The molecule has 30 heavy (non-hydrogen) atoms. The molecule has 3 rings (SSSR count). The molecule has 1 aliphatic rings. The molecular weight excluding hydrogens is 402 g/mol. The summed E-state index contributed by atoms with van der Waals surface area (Å²) in [6.07, 6.45) is 4.95. The summed E-state index contributed by atoms with van der Waals surface area (Å²) in [6, 6.07) is 7.32. The molecule has 1 aromatic heterocycles. The average Bonchev–Trinajstić information content (AvgIpc) is 3.15. The minimum Gasteiger partial charge on any atom is -0.497 e. The van der Waals surface area contributed by atoms with E-state index in [0.29, 0.717) is 10.6 Å². The van der Waals surface area contributed by atoms with Gasteiger partial charge in [-0.05, 0) is 55.9 Å². The van der Waals surface area contributed by atoms with Gasteiger partial charge in [-0.3, -0.25) is 4.90 Å². The second kappa shape index (κ2) is 10.3. The summed E-state index contributed by atoms with van der Waals surface area (Å²) in [5.41, 5.74) is 2.36. The van der Waals surface area contributed by atoms with Gasteiger partial charge >= 0.3 is 12.1 Å². The quantitative estimate of drug-likeness (QED) is 0.429. The first-order chi connectivity index (χ1) is 14.6. The van der Waals surface area contributed by atoms with Gasteiger partial charge in [0.15, 0.2) is 0 Å². The van der Waals surface area contributed by atoms with Gasteiger partial charge in [0.2, 0.25) is 0 Å². The zero-order valence-electron chi connectivity index (χ0n) is 17.4. The number of fused-ring (bicyclic) bond motifs is 1. The molecule has 160 valence electrons. The van der Waals surface area contributed by atoms with Gasteiger partial charge in [-0.25, -0.2) is 9.59 Å². The van der Waals surface area contributed by atoms with E-state index in [0.717, 1.165) is 47.4 Å². The van der Waals surface area contributed by atoms with Gasteiger partial charge in [-0.1, -0.05) is 18.2 Å². The topological polar surface area (TPSA) is 65.1 Å². The van der Waals surface area contributed by atoms with Crippen LogP contribution >= 0.6 is 11.3 Å². The van der Waals surface area contributed by atoms with Crippen LogP contribution in [0.3, 0.4) is 0 Å². The van der Waals surface area contributed by atoms with Gasteiger partial charge in [-0.2, -0.15) is 0 Å². The number of esters is 1. The highest BCUT2D eigenvalue weighted by molar-refractivity contribution is 7.17. The summed E-state index contributed by atoms with van der Waals surface area (Å²) in [7, 11) is 1.60. The molecule has 0 saturated carbocycles. The number of carbonyl (C=O) groups excluding carboxylic acids is 2. The van der Waals surface area contributed by atoms with E-state index in [1.165, 1.54) is 16.2 Å². The molecule has 1 heterocycles. The third-order valence-electron chi connectivity index (χ3n) is 4.93. The molecule has 1 aliphatic carbocycles. The highest BCUT2D eigenvalue weighted by atomic mass is 32.1. The van der Waals surface area contributed by atoms with E-state index in [2.05, 4.69) is 6.58 Å². The van der Waals surface area contributed by atoms with Crippen LogP contribution in [0.5, 0.6) is 5.75 Å². The van der Waals surface area contributed by atoms with Crippen molar-refractivity contribution in [3.63, 3.8) is 0 Å². The van der Waals surface area contributed by atoms with Gasteiger partial charge in [0.05, 0.1) is 19.3 Å². The molecule has 1 amide bonds. The fourth-order valence-corrected chi connectivity index (χ4v) is 4.84. The molecule has 0 spiro atoms. The molecule has 7 heteroatoms. The van der Waals surface area contributed by atoms with Gasteiger partial charge in [0.25, 0.3) is 0 Å². The SMILES string of the molecule is C=CCN(C(=O)OCc1ccc(OC)cc1)c1sc2c(c1C(=O)OCC)CCCC2. The molecule has 0 bridgehead atoms. The van der Waals surface area contributed by atoms with E-state index in [9.17, 15) is 9.59 Å². The Bertz CT molecular complexity index is 903. The second-order valence-electron chi connectivity index (χ2n) is 6.91. The number of hydrogen-bond donors (Lipinski definition) is 0. The number of ether oxygens (including phenoxy) is 3. The Hall–Kier alpha value is -2.80. The number of amides is 1. The van der Waals surface area contributed by atoms with Crippen LogP contribution in [0.2, 0.25) is 0 Å². The Morgan fingerprint density at radius 3 is 2.57 bits per heavy atom. The minimum absolute atomic E-state index is 0.121. The van der Waals surface area contributed by atoms with Crippen LogP contribution in [0.4, 0.5) is 9.80 Å². The lowest BCUT2D eigenvalue weighted by Crippen LogP contribution is -2.32. The summed E-state index contributed by atoms with van der Waals surface area (Å²) >= 11 is 1.48. The summed E-state index contributed by atoms with van der Waals surface area (Å²) in [4.78, 5) is 28.3. The van der Waals surface area contributed by atoms with E-state index in [4.69, 9.17) is 14.2 Å². The lowest BCUT2D eigenvalue weighted by atomic mass is 9.95. The lowest BCUT2D eigenvalue weighted by molar-refractivity contribution is 0.0526. The van der Waals surface area contributed by atoms with Crippen molar-refractivity contribution in [3.05, 3.63) is 58.5 Å². The number of nitrogens with zero attached hydrogens (tertiary/aromatic N) is 1. The monoisotopic (exact) mass is 429 g/mol. The fraction of sp³-hybridized carbons (Fsp3) is 0.391. The Labute approximate surface area is 181 Å². The third-order valence-corrected chi connectivity index (χ3v) is 6.25. The number of rotatable bonds is 8. The molecule has 0 saturated heterocycles. The smallest absolute Gasteiger partial charge is 0.415 e. The Kier molecular flexibility index (Phi) is 7.52. The van der Waals surface area contributed by atoms with Crippen LogP contribution in [-0.2, 0) is 28.9 Å². The first kappa shape index (κ1) is 21.9. The molecule has 0 aliphatic heterocycles. The van der Waals surface area contributed by atoms with E-state index in [-0.39, 0.29) is 25.7 Å². The molecule has 0 atom stereocenters. The molecular formula is C23H27NO5S. The van der Waals surface area contributed by atoms with Crippen molar-refractivity contribution in [2.24, 2.45) is 0 Å². The van der Waals surface area contributed by atoms with Crippen LogP contribution in [0.15, 0.2) is 36.9 Å². The van der Waals surface area contributed by atoms with Crippen molar-refractivity contribution in [1.82, 2.24) is 0 Å². The predicted molar refractivity (Wildman–Crippen MR) is 118 cm³/mol. The highest BCUT2D eigenvalue weighted by Crippen LogP contribution is 2.41. The number of benzene rings is 1. The lowest BCUT2D eigenvalue weighted by Gasteiger charge is -2.21. The Balaban J connectivity index is 1.85. The van der Waals surface area contributed by atoms with Gasteiger partial charge in [0.1, 0.15) is 17.4 Å². The number of thiophene rings is 1. The third kappa shape index (κ3) is 4.84. The maximum atomic E-state index is 13.0. The largest absolute Gasteiger partial charge is 0.497 e. The maximum absolute atomic E-state index is 13.0. The average molecular weight is 430 g/mol. The van der Waals surface area contributed by atoms with Crippen molar-refractivity contribution < 1.29 is 23.8 Å². The van der Waals surface area contributed by atoms with Gasteiger partial charge in [-0.15, -0.1) is 17.9 Å². The molecule has 1 aromatic carbocycles. The summed E-state index contributed by atoms with van der Waals surface area (Å²) in [5.74, 6) is 0.352. The molecule has 6 nitrogen and oxygen atoms in total. The number of methoxy groups -OCH3 is 1. The van der Waals surface area contributed by atoms with Crippen LogP contribution in [0.1, 0.15) is 46.1 Å². The number of hydrogen-bond acceptors (Lipinski definition) is 6. The normalized spacial score (nSPS) is 12.6. The fourth-order valence-electron chi connectivity index (χ4n) is 3.47. The highest BCUT2D eigenvalue weighted by Gasteiger charge is 2.31. The maximum Gasteiger partial charge on any atom is 0.415 e. The predicted octanol–water partition coefficient (Wildman–Crippen LogP) is 5.14. The zero-order valence-corrected chi connectivity index (χ0v) is 18.3. The van der Waals surface area contributed by atoms with E-state index < -0.39 is 6.09 Å². The van der Waals surface area contributed by atoms with Gasteiger partial charge in [0, 0.05) is 11.4 Å². The Morgan fingerprint density at radius 1 is 1.17 bits per heavy atom. The minimum atomic E-state index is -0.519. The molecule has 2 aromatic rings. The summed E-state index contributed by atoms with van der Waals surface area (Å²) in [5, 5.41) is 0.583. The van der Waals surface area contributed by atoms with Crippen LogP contribution in [0, 0.1) is 0 Å². The molecule has 0 fully saturated rings. The van der Waals surface area contributed by atoms with Gasteiger partial charge < -0.3 is 14.2 Å². The van der Waals surface area contributed by atoms with Crippen molar-refractivity contribution in [2.75, 3.05) is 25.2 Å². The van der Waals surface area contributed by atoms with E-state index in [1.807, 2.05) is 24.3 Å². The first-order valence-corrected chi connectivity index (χ1v) is 10.9.